The second-order valence-electron chi connectivity index (χ2n) is 7.32. The van der Waals surface area contributed by atoms with Crippen LogP contribution in [0.3, 0.4) is 0 Å². The fourth-order valence-corrected chi connectivity index (χ4v) is 3.81. The zero-order chi connectivity index (χ0) is 20.9. The van der Waals surface area contributed by atoms with Gasteiger partial charge in [0.2, 0.25) is 10.0 Å². The molecule has 6 nitrogen and oxygen atoms in total. The van der Waals surface area contributed by atoms with E-state index in [-0.39, 0.29) is 16.1 Å². The number of nitrogens with one attached hydrogen (secondary N) is 2. The SMILES string of the molecule is CCNC(=NCC1(c2ccccc2F)CC1)NCCc1ccc(S(N)(=O)=O)cc1. The number of nitrogens with two attached hydrogens (primary N) is 1. The van der Waals surface area contributed by atoms with Crippen LogP contribution < -0.4 is 15.8 Å². The Morgan fingerprint density at radius 1 is 1.14 bits per heavy atom. The number of halogens is 1. The van der Waals surface area contributed by atoms with E-state index in [4.69, 9.17) is 5.14 Å². The van der Waals surface area contributed by atoms with Gasteiger partial charge in [0.05, 0.1) is 11.4 Å². The molecule has 1 aliphatic carbocycles. The molecule has 0 atom stereocenters. The van der Waals surface area contributed by atoms with Gasteiger partial charge >= 0.3 is 0 Å². The monoisotopic (exact) mass is 418 g/mol. The molecule has 0 amide bonds. The first-order valence-electron chi connectivity index (χ1n) is 9.73. The van der Waals surface area contributed by atoms with Gasteiger partial charge in [0.25, 0.3) is 0 Å². The summed E-state index contributed by atoms with van der Waals surface area (Å²) in [6, 6.07) is 13.5. The van der Waals surface area contributed by atoms with Crippen LogP contribution in [0.1, 0.15) is 30.9 Å². The maximum atomic E-state index is 14.2. The lowest BCUT2D eigenvalue weighted by Crippen LogP contribution is -2.39. The molecule has 0 aromatic heterocycles. The Labute approximate surface area is 171 Å². The van der Waals surface area contributed by atoms with E-state index in [0.29, 0.717) is 25.5 Å². The van der Waals surface area contributed by atoms with Crippen molar-refractivity contribution < 1.29 is 12.8 Å². The van der Waals surface area contributed by atoms with Crippen LogP contribution in [0.25, 0.3) is 0 Å². The zero-order valence-corrected chi connectivity index (χ0v) is 17.3. The van der Waals surface area contributed by atoms with E-state index in [1.807, 2.05) is 19.1 Å². The maximum absolute atomic E-state index is 14.2. The molecule has 3 rings (SSSR count). The van der Waals surface area contributed by atoms with Crippen LogP contribution in [0.5, 0.6) is 0 Å². The number of benzene rings is 2. The highest BCUT2D eigenvalue weighted by Crippen LogP contribution is 2.49. The first kappa shape index (κ1) is 21.3. The third-order valence-corrected chi connectivity index (χ3v) is 6.07. The van der Waals surface area contributed by atoms with Crippen LogP contribution in [0.2, 0.25) is 0 Å². The van der Waals surface area contributed by atoms with Crippen LogP contribution in [0, 0.1) is 5.82 Å². The summed E-state index contributed by atoms with van der Waals surface area (Å²) in [5, 5.41) is 11.6. The van der Waals surface area contributed by atoms with Crippen molar-refractivity contribution in [3.63, 3.8) is 0 Å². The van der Waals surface area contributed by atoms with Crippen molar-refractivity contribution in [2.24, 2.45) is 10.1 Å². The van der Waals surface area contributed by atoms with Crippen molar-refractivity contribution in [2.75, 3.05) is 19.6 Å². The Balaban J connectivity index is 1.58. The van der Waals surface area contributed by atoms with E-state index in [9.17, 15) is 12.8 Å². The molecular formula is C21H27FN4O2S. The summed E-state index contributed by atoms with van der Waals surface area (Å²) >= 11 is 0. The molecule has 0 aliphatic heterocycles. The molecule has 0 spiro atoms. The summed E-state index contributed by atoms with van der Waals surface area (Å²) in [4.78, 5) is 4.78. The number of nitrogens with zero attached hydrogens (tertiary/aromatic N) is 1. The van der Waals surface area contributed by atoms with E-state index in [1.165, 1.54) is 18.2 Å². The van der Waals surface area contributed by atoms with E-state index >= 15 is 0 Å². The fraction of sp³-hybridized carbons (Fsp3) is 0.381. The summed E-state index contributed by atoms with van der Waals surface area (Å²) in [7, 11) is -3.67. The van der Waals surface area contributed by atoms with Gasteiger partial charge in [-0.05, 0) is 55.5 Å². The van der Waals surface area contributed by atoms with Crippen LogP contribution in [-0.2, 0) is 21.9 Å². The lowest BCUT2D eigenvalue weighted by atomic mass is 9.95. The van der Waals surface area contributed by atoms with Crippen molar-refractivity contribution in [1.82, 2.24) is 10.6 Å². The van der Waals surface area contributed by atoms with Crippen molar-refractivity contribution in [3.8, 4) is 0 Å². The van der Waals surface area contributed by atoms with Gasteiger partial charge in [-0.25, -0.2) is 17.9 Å². The molecule has 1 fully saturated rings. The van der Waals surface area contributed by atoms with Crippen LogP contribution in [0.4, 0.5) is 4.39 Å². The van der Waals surface area contributed by atoms with Crippen LogP contribution in [-0.4, -0.2) is 34.0 Å². The van der Waals surface area contributed by atoms with Crippen molar-refractivity contribution in [3.05, 3.63) is 65.5 Å². The largest absolute Gasteiger partial charge is 0.357 e. The standard InChI is InChI=1S/C21H27FN4O2S/c1-2-24-20(25-14-11-16-7-9-17(10-8-16)29(23,27)28)26-15-21(12-13-21)18-5-3-4-6-19(18)22/h3-10H,2,11-15H2,1H3,(H2,23,27,28)(H2,24,25,26). The average molecular weight is 419 g/mol. The van der Waals surface area contributed by atoms with Crippen LogP contribution >= 0.6 is 0 Å². The van der Waals surface area contributed by atoms with Gasteiger partial charge in [0.15, 0.2) is 5.96 Å². The van der Waals surface area contributed by atoms with Crippen molar-refractivity contribution in [1.29, 1.82) is 0 Å². The molecule has 0 heterocycles. The van der Waals surface area contributed by atoms with E-state index < -0.39 is 10.0 Å². The van der Waals surface area contributed by atoms with Gasteiger partial charge in [-0.2, -0.15) is 0 Å². The minimum atomic E-state index is -3.67. The molecule has 0 bridgehead atoms. The predicted octanol–water partition coefficient (Wildman–Crippen LogP) is 2.30. The number of primary sulfonamides is 1. The maximum Gasteiger partial charge on any atom is 0.238 e. The molecule has 1 saturated carbocycles. The normalized spacial score (nSPS) is 15.8. The summed E-state index contributed by atoms with van der Waals surface area (Å²) in [5.74, 6) is 0.525. The van der Waals surface area contributed by atoms with Crippen LogP contribution in [0.15, 0.2) is 58.4 Å². The summed E-state index contributed by atoms with van der Waals surface area (Å²) in [5.41, 5.74) is 1.54. The average Bonchev–Trinajstić information content (AvgIpc) is 3.47. The molecule has 0 saturated heterocycles. The van der Waals surface area contributed by atoms with E-state index in [1.54, 1.807) is 18.2 Å². The van der Waals surface area contributed by atoms with Gasteiger partial charge < -0.3 is 10.6 Å². The summed E-state index contributed by atoms with van der Waals surface area (Å²) in [6.07, 6.45) is 2.58. The number of aliphatic imine (C=N–C) groups is 1. The third kappa shape index (κ3) is 5.55. The summed E-state index contributed by atoms with van der Waals surface area (Å²) in [6.45, 7) is 3.88. The molecule has 29 heavy (non-hydrogen) atoms. The second-order valence-corrected chi connectivity index (χ2v) is 8.88. The number of hydrogen-bond acceptors (Lipinski definition) is 3. The number of rotatable bonds is 8. The van der Waals surface area contributed by atoms with Gasteiger partial charge in [-0.15, -0.1) is 0 Å². The first-order valence-corrected chi connectivity index (χ1v) is 11.3. The van der Waals surface area contributed by atoms with Crippen molar-refractivity contribution >= 4 is 16.0 Å². The van der Waals surface area contributed by atoms with Gasteiger partial charge in [-0.3, -0.25) is 4.99 Å². The summed E-state index contributed by atoms with van der Waals surface area (Å²) < 4.78 is 36.8. The van der Waals surface area contributed by atoms with Crippen molar-refractivity contribution in [2.45, 2.75) is 36.5 Å². The lowest BCUT2D eigenvalue weighted by molar-refractivity contribution is 0.572. The minimum Gasteiger partial charge on any atom is -0.357 e. The van der Waals surface area contributed by atoms with Gasteiger partial charge in [-0.1, -0.05) is 30.3 Å². The molecule has 2 aromatic carbocycles. The molecular weight excluding hydrogens is 391 g/mol. The third-order valence-electron chi connectivity index (χ3n) is 5.14. The zero-order valence-electron chi connectivity index (χ0n) is 16.5. The lowest BCUT2D eigenvalue weighted by Gasteiger charge is -2.16. The Hall–Kier alpha value is -2.45. The predicted molar refractivity (Wildman–Crippen MR) is 113 cm³/mol. The molecule has 1 aliphatic rings. The van der Waals surface area contributed by atoms with E-state index in [0.717, 1.165) is 30.5 Å². The fourth-order valence-electron chi connectivity index (χ4n) is 3.30. The number of sulfonamides is 1. The Kier molecular flexibility index (Phi) is 6.54. The quantitative estimate of drug-likeness (QED) is 0.453. The Morgan fingerprint density at radius 3 is 2.41 bits per heavy atom. The molecule has 0 radical (unpaired) electrons. The molecule has 4 N–H and O–H groups in total. The van der Waals surface area contributed by atoms with E-state index in [2.05, 4.69) is 15.6 Å². The van der Waals surface area contributed by atoms with Gasteiger partial charge in [0.1, 0.15) is 5.82 Å². The number of guanidine groups is 1. The molecule has 8 heteroatoms. The molecule has 0 unspecified atom stereocenters. The molecule has 156 valence electrons. The number of hydrogen-bond donors (Lipinski definition) is 3. The molecule has 2 aromatic rings. The topological polar surface area (TPSA) is 96.6 Å². The highest BCUT2D eigenvalue weighted by molar-refractivity contribution is 7.89. The van der Waals surface area contributed by atoms with Gasteiger partial charge in [0, 0.05) is 18.5 Å². The minimum absolute atomic E-state index is 0.104. The Morgan fingerprint density at radius 2 is 1.83 bits per heavy atom. The highest BCUT2D eigenvalue weighted by atomic mass is 32.2. The highest BCUT2D eigenvalue weighted by Gasteiger charge is 2.45. The Bertz CT molecular complexity index is 970. The first-order chi connectivity index (χ1) is 13.8. The smallest absolute Gasteiger partial charge is 0.238 e. The second kappa shape index (κ2) is 8.92.